The topological polar surface area (TPSA) is 12.0 Å². The average Bonchev–Trinajstić information content (AvgIpc) is 2.29. The van der Waals surface area contributed by atoms with Crippen LogP contribution in [0.4, 0.5) is 5.69 Å². The van der Waals surface area contributed by atoms with Crippen LogP contribution in [-0.4, -0.2) is 6.04 Å². The average molecular weight is 227 g/mol. The van der Waals surface area contributed by atoms with Crippen molar-refractivity contribution in [2.24, 2.45) is 0 Å². The maximum absolute atomic E-state index is 4.07. The third kappa shape index (κ3) is 5.21. The molecule has 1 atom stereocenters. The molecule has 17 heavy (non-hydrogen) atoms. The van der Waals surface area contributed by atoms with Gasteiger partial charge in [0.15, 0.2) is 0 Å². The normalized spacial score (nSPS) is 12.2. The molecule has 0 fully saturated rings. The monoisotopic (exact) mass is 227 g/mol. The lowest BCUT2D eigenvalue weighted by Crippen LogP contribution is -2.16. The van der Waals surface area contributed by atoms with Gasteiger partial charge in [0, 0.05) is 11.7 Å². The van der Waals surface area contributed by atoms with Crippen LogP contribution in [0.15, 0.2) is 66.3 Å². The van der Waals surface area contributed by atoms with E-state index in [1.807, 2.05) is 30.4 Å². The van der Waals surface area contributed by atoms with Gasteiger partial charge in [-0.1, -0.05) is 48.6 Å². The SMILES string of the molecule is C=C(/C=C/C=C(C)C)C(C)Nc1ccccc1. The van der Waals surface area contributed by atoms with Crippen LogP contribution in [0.1, 0.15) is 20.8 Å². The van der Waals surface area contributed by atoms with Crippen molar-refractivity contribution in [2.75, 3.05) is 5.32 Å². The minimum atomic E-state index is 0.235. The number of benzene rings is 1. The summed E-state index contributed by atoms with van der Waals surface area (Å²) in [7, 11) is 0. The van der Waals surface area contributed by atoms with Crippen molar-refractivity contribution in [3.8, 4) is 0 Å². The van der Waals surface area contributed by atoms with Gasteiger partial charge in [0.1, 0.15) is 0 Å². The Morgan fingerprint density at radius 2 is 1.88 bits per heavy atom. The fraction of sp³-hybridized carbons (Fsp3) is 0.250. The molecule has 90 valence electrons. The van der Waals surface area contributed by atoms with E-state index in [2.05, 4.69) is 50.9 Å². The van der Waals surface area contributed by atoms with Gasteiger partial charge in [-0.2, -0.15) is 0 Å². The van der Waals surface area contributed by atoms with Crippen molar-refractivity contribution < 1.29 is 0 Å². The summed E-state index contributed by atoms with van der Waals surface area (Å²) < 4.78 is 0. The number of allylic oxidation sites excluding steroid dienone is 3. The van der Waals surface area contributed by atoms with Gasteiger partial charge in [0.25, 0.3) is 0 Å². The van der Waals surface area contributed by atoms with Gasteiger partial charge in [-0.25, -0.2) is 0 Å². The van der Waals surface area contributed by atoms with E-state index in [1.54, 1.807) is 0 Å². The number of hydrogen-bond acceptors (Lipinski definition) is 1. The Balaban J connectivity index is 2.53. The molecule has 0 radical (unpaired) electrons. The molecule has 1 nitrogen and oxygen atoms in total. The molecule has 0 saturated heterocycles. The zero-order valence-corrected chi connectivity index (χ0v) is 10.9. The highest BCUT2D eigenvalue weighted by Gasteiger charge is 2.02. The summed E-state index contributed by atoms with van der Waals surface area (Å²) >= 11 is 0. The molecule has 1 rings (SSSR count). The zero-order valence-electron chi connectivity index (χ0n) is 10.9. The standard InChI is InChI=1S/C16H21N/c1-13(2)9-8-10-14(3)15(4)17-16-11-6-5-7-12-16/h5-12,15,17H,3H2,1-2,4H3/b10-8+. The van der Waals surface area contributed by atoms with Gasteiger partial charge in [-0.15, -0.1) is 0 Å². The summed E-state index contributed by atoms with van der Waals surface area (Å²) in [6.45, 7) is 10.3. The molecule has 0 aliphatic heterocycles. The lowest BCUT2D eigenvalue weighted by molar-refractivity contribution is 0.957. The Morgan fingerprint density at radius 3 is 2.47 bits per heavy atom. The smallest absolute Gasteiger partial charge is 0.0479 e. The second kappa shape index (κ2) is 6.74. The van der Waals surface area contributed by atoms with Crippen molar-refractivity contribution in [3.05, 3.63) is 66.3 Å². The molecule has 0 spiro atoms. The molecule has 0 bridgehead atoms. The quantitative estimate of drug-likeness (QED) is 0.727. The highest BCUT2D eigenvalue weighted by atomic mass is 14.9. The largest absolute Gasteiger partial charge is 0.379 e. The number of hydrogen-bond donors (Lipinski definition) is 1. The summed E-state index contributed by atoms with van der Waals surface area (Å²) in [5.41, 5.74) is 3.49. The summed E-state index contributed by atoms with van der Waals surface area (Å²) in [5.74, 6) is 0. The number of nitrogens with one attached hydrogen (secondary N) is 1. The van der Waals surface area contributed by atoms with Crippen molar-refractivity contribution in [1.82, 2.24) is 0 Å². The van der Waals surface area contributed by atoms with Crippen molar-refractivity contribution in [1.29, 1.82) is 0 Å². The molecule has 1 unspecified atom stereocenters. The van der Waals surface area contributed by atoms with Gasteiger partial charge >= 0.3 is 0 Å². The molecule has 1 aromatic rings. The lowest BCUT2D eigenvalue weighted by atomic mass is 10.1. The van der Waals surface area contributed by atoms with E-state index in [4.69, 9.17) is 0 Å². The van der Waals surface area contributed by atoms with Crippen LogP contribution < -0.4 is 5.32 Å². The van der Waals surface area contributed by atoms with Crippen LogP contribution in [0.5, 0.6) is 0 Å². The van der Waals surface area contributed by atoms with Crippen molar-refractivity contribution in [3.63, 3.8) is 0 Å². The molecule has 0 saturated carbocycles. The fourth-order valence-corrected chi connectivity index (χ4v) is 1.39. The van der Waals surface area contributed by atoms with Crippen LogP contribution >= 0.6 is 0 Å². The van der Waals surface area contributed by atoms with E-state index in [0.717, 1.165) is 11.3 Å². The van der Waals surface area contributed by atoms with E-state index < -0.39 is 0 Å². The van der Waals surface area contributed by atoms with Crippen LogP contribution in [0.2, 0.25) is 0 Å². The van der Waals surface area contributed by atoms with E-state index in [0.29, 0.717) is 0 Å². The van der Waals surface area contributed by atoms with E-state index in [-0.39, 0.29) is 6.04 Å². The van der Waals surface area contributed by atoms with Gasteiger partial charge in [-0.3, -0.25) is 0 Å². The van der Waals surface area contributed by atoms with Crippen LogP contribution in [0, 0.1) is 0 Å². The lowest BCUT2D eigenvalue weighted by Gasteiger charge is -2.15. The van der Waals surface area contributed by atoms with E-state index in [1.165, 1.54) is 5.57 Å². The maximum atomic E-state index is 4.07. The van der Waals surface area contributed by atoms with Crippen LogP contribution in [0.25, 0.3) is 0 Å². The first-order chi connectivity index (χ1) is 8.09. The molecule has 0 amide bonds. The first-order valence-electron chi connectivity index (χ1n) is 5.91. The molecule has 0 aromatic heterocycles. The minimum Gasteiger partial charge on any atom is -0.379 e. The number of rotatable bonds is 5. The molecule has 1 heteroatoms. The predicted octanol–water partition coefficient (Wildman–Crippen LogP) is 4.57. The fourth-order valence-electron chi connectivity index (χ4n) is 1.39. The van der Waals surface area contributed by atoms with Gasteiger partial charge in [0.2, 0.25) is 0 Å². The van der Waals surface area contributed by atoms with Crippen molar-refractivity contribution in [2.45, 2.75) is 26.8 Å². The predicted molar refractivity (Wildman–Crippen MR) is 77.2 cm³/mol. The Bertz CT molecular complexity index is 408. The Labute approximate surface area is 105 Å². The van der Waals surface area contributed by atoms with E-state index >= 15 is 0 Å². The third-order valence-corrected chi connectivity index (χ3v) is 2.45. The van der Waals surface area contributed by atoms with Crippen molar-refractivity contribution >= 4 is 5.69 Å². The summed E-state index contributed by atoms with van der Waals surface area (Å²) in [6.07, 6.45) is 6.18. The summed E-state index contributed by atoms with van der Waals surface area (Å²) in [6, 6.07) is 10.4. The molecular weight excluding hydrogens is 206 g/mol. The van der Waals surface area contributed by atoms with Gasteiger partial charge in [-0.05, 0) is 38.5 Å². The molecular formula is C16H21N. The number of anilines is 1. The molecule has 1 aromatic carbocycles. The molecule has 1 N–H and O–H groups in total. The van der Waals surface area contributed by atoms with Gasteiger partial charge < -0.3 is 5.32 Å². The Hall–Kier alpha value is -1.76. The van der Waals surface area contributed by atoms with E-state index in [9.17, 15) is 0 Å². The Morgan fingerprint density at radius 1 is 1.24 bits per heavy atom. The summed E-state index contributed by atoms with van der Waals surface area (Å²) in [4.78, 5) is 0. The second-order valence-corrected chi connectivity index (χ2v) is 4.41. The van der Waals surface area contributed by atoms with Gasteiger partial charge in [0.05, 0.1) is 0 Å². The minimum absolute atomic E-state index is 0.235. The van der Waals surface area contributed by atoms with Crippen LogP contribution in [0.3, 0.4) is 0 Å². The highest BCUT2D eigenvalue weighted by molar-refractivity contribution is 5.46. The first kappa shape index (κ1) is 13.3. The molecule has 0 heterocycles. The zero-order chi connectivity index (χ0) is 12.7. The first-order valence-corrected chi connectivity index (χ1v) is 5.91. The highest BCUT2D eigenvalue weighted by Crippen LogP contribution is 2.11. The van der Waals surface area contributed by atoms with Crippen LogP contribution in [-0.2, 0) is 0 Å². The maximum Gasteiger partial charge on any atom is 0.0479 e. The Kier molecular flexibility index (Phi) is 5.28. The number of para-hydroxylation sites is 1. The molecule has 0 aliphatic rings. The molecule has 0 aliphatic carbocycles. The second-order valence-electron chi connectivity index (χ2n) is 4.41. The third-order valence-electron chi connectivity index (χ3n) is 2.45. The summed E-state index contributed by atoms with van der Waals surface area (Å²) in [5, 5.41) is 3.41.